The van der Waals surface area contributed by atoms with Crippen LogP contribution in [0.25, 0.3) is 5.20 Å². The number of rotatable bonds is 2. The third kappa shape index (κ3) is 1.86. The predicted molar refractivity (Wildman–Crippen MR) is 81.9 cm³/mol. The molecule has 2 aliphatic rings. The fourth-order valence-electron chi connectivity index (χ4n) is 3.46. The monoisotopic (exact) mass is 290 g/mol. The number of fused-ring (bicyclic) bond motifs is 1. The topological polar surface area (TPSA) is 53.6 Å². The second-order valence-corrected chi connectivity index (χ2v) is 11.9. The molecule has 1 aromatic rings. The molecule has 2 atom stereocenters. The first-order chi connectivity index (χ1) is 9.36. The van der Waals surface area contributed by atoms with Gasteiger partial charge in [-0.15, -0.1) is 0 Å². The van der Waals surface area contributed by atoms with Crippen molar-refractivity contribution in [3.05, 3.63) is 41.4 Å². The summed E-state index contributed by atoms with van der Waals surface area (Å²) in [5.74, 6) is 0.840. The Balaban J connectivity index is 2.18. The first-order valence-corrected chi connectivity index (χ1v) is 10.8. The molecule has 20 heavy (non-hydrogen) atoms. The van der Waals surface area contributed by atoms with E-state index in [4.69, 9.17) is 4.42 Å². The first-order valence-electron chi connectivity index (χ1n) is 7.25. The molecule has 0 unspecified atom stereocenters. The van der Waals surface area contributed by atoms with Crippen LogP contribution in [0, 0.1) is 0 Å². The van der Waals surface area contributed by atoms with Crippen LogP contribution in [0.2, 0.25) is 19.6 Å². The summed E-state index contributed by atoms with van der Waals surface area (Å²) in [4.78, 5) is 0. The average molecular weight is 290 g/mol. The lowest BCUT2D eigenvalue weighted by molar-refractivity contribution is -0.0693. The number of aliphatic hydroxyl groups is 2. The zero-order valence-electron chi connectivity index (χ0n) is 12.3. The minimum absolute atomic E-state index is 0.653. The van der Waals surface area contributed by atoms with E-state index in [0.717, 1.165) is 34.9 Å². The van der Waals surface area contributed by atoms with Crippen molar-refractivity contribution in [2.75, 3.05) is 0 Å². The maximum atomic E-state index is 10.6. The van der Waals surface area contributed by atoms with Crippen LogP contribution in [0.1, 0.15) is 25.0 Å². The van der Waals surface area contributed by atoms with E-state index in [2.05, 4.69) is 25.7 Å². The minimum Gasteiger partial charge on any atom is -0.465 e. The molecule has 4 heteroatoms. The summed E-state index contributed by atoms with van der Waals surface area (Å²) in [6.45, 7) is 6.72. The summed E-state index contributed by atoms with van der Waals surface area (Å²) in [5.41, 5.74) is 0.830. The van der Waals surface area contributed by atoms with E-state index >= 15 is 0 Å². The standard InChI is InChI=1S/C16H22O3Si/c1-20(2,3)14(12-8-6-10-19-12)13-11-7-4-5-9-16(11,18)15(13)17/h6-8,10,15,17-18H,4-5,9H2,1-3H3/b14-13-/t15-,16-/m1/s1. The summed E-state index contributed by atoms with van der Waals surface area (Å²) < 4.78 is 5.60. The number of hydrogen-bond acceptors (Lipinski definition) is 3. The highest BCUT2D eigenvalue weighted by Gasteiger charge is 2.55. The maximum absolute atomic E-state index is 10.6. The van der Waals surface area contributed by atoms with Gasteiger partial charge < -0.3 is 14.6 Å². The second-order valence-electron chi connectivity index (χ2n) is 6.85. The minimum atomic E-state index is -1.70. The molecule has 1 saturated carbocycles. The zero-order valence-corrected chi connectivity index (χ0v) is 13.3. The van der Waals surface area contributed by atoms with Crippen molar-refractivity contribution in [1.29, 1.82) is 0 Å². The van der Waals surface area contributed by atoms with Gasteiger partial charge in [-0.3, -0.25) is 0 Å². The molecule has 0 radical (unpaired) electrons. The molecule has 0 aromatic carbocycles. The van der Waals surface area contributed by atoms with Crippen LogP contribution in [-0.4, -0.2) is 30.0 Å². The summed E-state index contributed by atoms with van der Waals surface area (Å²) >= 11 is 0. The Kier molecular flexibility index (Phi) is 3.08. The molecule has 3 nitrogen and oxygen atoms in total. The van der Waals surface area contributed by atoms with E-state index in [9.17, 15) is 10.2 Å². The van der Waals surface area contributed by atoms with Crippen LogP contribution in [0.3, 0.4) is 0 Å². The Morgan fingerprint density at radius 2 is 2.15 bits per heavy atom. The van der Waals surface area contributed by atoms with E-state index in [1.165, 1.54) is 0 Å². The highest BCUT2D eigenvalue weighted by atomic mass is 28.3. The summed E-state index contributed by atoms with van der Waals surface area (Å²) in [5, 5.41) is 22.3. The Morgan fingerprint density at radius 1 is 1.40 bits per heavy atom. The van der Waals surface area contributed by atoms with Crippen LogP contribution in [0.4, 0.5) is 0 Å². The van der Waals surface area contributed by atoms with Gasteiger partial charge in [0.15, 0.2) is 0 Å². The van der Waals surface area contributed by atoms with E-state index in [1.54, 1.807) is 6.26 Å². The van der Waals surface area contributed by atoms with Crippen LogP contribution >= 0.6 is 0 Å². The molecule has 0 bridgehead atoms. The fraction of sp³-hybridized carbons (Fsp3) is 0.500. The molecule has 0 amide bonds. The molecule has 2 N–H and O–H groups in total. The van der Waals surface area contributed by atoms with E-state index in [-0.39, 0.29) is 0 Å². The lowest BCUT2D eigenvalue weighted by Gasteiger charge is -2.51. The van der Waals surface area contributed by atoms with Crippen molar-refractivity contribution in [2.24, 2.45) is 0 Å². The average Bonchev–Trinajstić information content (AvgIpc) is 2.88. The summed E-state index contributed by atoms with van der Waals surface area (Å²) in [7, 11) is -1.70. The normalized spacial score (nSPS) is 32.2. The lowest BCUT2D eigenvalue weighted by atomic mass is 9.62. The van der Waals surface area contributed by atoms with Crippen molar-refractivity contribution in [2.45, 2.75) is 50.6 Å². The van der Waals surface area contributed by atoms with E-state index in [1.807, 2.05) is 12.1 Å². The molecular weight excluding hydrogens is 268 g/mol. The summed E-state index contributed by atoms with van der Waals surface area (Å²) in [6.07, 6.45) is 5.55. The largest absolute Gasteiger partial charge is 0.465 e. The molecule has 1 fully saturated rings. The highest BCUT2D eigenvalue weighted by Crippen LogP contribution is 2.53. The third-order valence-electron chi connectivity index (χ3n) is 4.38. The number of allylic oxidation sites excluding steroid dienone is 1. The van der Waals surface area contributed by atoms with Gasteiger partial charge in [-0.05, 0) is 47.7 Å². The van der Waals surface area contributed by atoms with E-state index in [0.29, 0.717) is 6.42 Å². The third-order valence-corrected chi connectivity index (χ3v) is 6.40. The van der Waals surface area contributed by atoms with Crippen molar-refractivity contribution in [3.8, 4) is 0 Å². The van der Waals surface area contributed by atoms with Crippen LogP contribution in [0.15, 0.2) is 40.0 Å². The van der Waals surface area contributed by atoms with Crippen molar-refractivity contribution < 1.29 is 14.6 Å². The van der Waals surface area contributed by atoms with Gasteiger partial charge in [0, 0.05) is 0 Å². The Bertz CT molecular complexity index is 577. The number of furan rings is 1. The van der Waals surface area contributed by atoms with Crippen LogP contribution < -0.4 is 0 Å². The van der Waals surface area contributed by atoms with Gasteiger partial charge in [0.05, 0.1) is 14.3 Å². The molecule has 108 valence electrons. The fourth-order valence-corrected chi connectivity index (χ4v) is 5.42. The molecular formula is C16H22O3Si. The lowest BCUT2D eigenvalue weighted by Crippen LogP contribution is -2.58. The van der Waals surface area contributed by atoms with Crippen LogP contribution in [0.5, 0.6) is 0 Å². The first kappa shape index (κ1) is 13.9. The molecule has 0 spiro atoms. The molecule has 1 heterocycles. The quantitative estimate of drug-likeness (QED) is 0.823. The van der Waals surface area contributed by atoms with Crippen molar-refractivity contribution in [1.82, 2.24) is 0 Å². The van der Waals surface area contributed by atoms with Crippen molar-refractivity contribution >= 4 is 13.3 Å². The maximum Gasteiger partial charge on any atom is 0.126 e. The van der Waals surface area contributed by atoms with Gasteiger partial charge in [-0.2, -0.15) is 0 Å². The second kappa shape index (κ2) is 4.45. The Labute approximate surface area is 120 Å². The van der Waals surface area contributed by atoms with E-state index < -0.39 is 19.8 Å². The number of aliphatic hydroxyl groups excluding tert-OH is 1. The van der Waals surface area contributed by atoms with Gasteiger partial charge in [-0.1, -0.05) is 25.7 Å². The SMILES string of the molecule is C[Si](C)(C)/C(=C1/C2=CCCC[C@]2(O)[C@@H]1O)c1ccco1. The van der Waals surface area contributed by atoms with Crippen LogP contribution in [-0.2, 0) is 0 Å². The van der Waals surface area contributed by atoms with Gasteiger partial charge in [0.25, 0.3) is 0 Å². The van der Waals surface area contributed by atoms with Gasteiger partial charge in [-0.25, -0.2) is 0 Å². The number of hydrogen-bond donors (Lipinski definition) is 2. The van der Waals surface area contributed by atoms with Gasteiger partial charge >= 0.3 is 0 Å². The zero-order chi connectivity index (χ0) is 14.5. The molecule has 0 aliphatic heterocycles. The van der Waals surface area contributed by atoms with Gasteiger partial charge in [0.1, 0.15) is 17.5 Å². The van der Waals surface area contributed by atoms with Crippen molar-refractivity contribution in [3.63, 3.8) is 0 Å². The molecule has 2 aliphatic carbocycles. The molecule has 3 rings (SSSR count). The predicted octanol–water partition coefficient (Wildman–Crippen LogP) is 3.13. The molecule has 0 saturated heterocycles. The highest BCUT2D eigenvalue weighted by molar-refractivity contribution is 6.93. The van der Waals surface area contributed by atoms with Gasteiger partial charge in [0.2, 0.25) is 0 Å². The molecule has 1 aromatic heterocycles. The smallest absolute Gasteiger partial charge is 0.126 e. The Hall–Kier alpha value is -1.10. The summed E-state index contributed by atoms with van der Waals surface area (Å²) in [6, 6.07) is 3.83. The Morgan fingerprint density at radius 3 is 2.75 bits per heavy atom.